The first kappa shape index (κ1) is 16.4. The summed E-state index contributed by atoms with van der Waals surface area (Å²) in [5, 5.41) is 2.71. The number of esters is 1. The normalized spacial score (nSPS) is 9.83. The number of anilines is 1. The minimum atomic E-state index is -0.424. The van der Waals surface area contributed by atoms with E-state index in [9.17, 15) is 9.59 Å². The molecule has 0 unspecified atom stereocenters. The second kappa shape index (κ2) is 7.84. The molecule has 1 amide bonds. The highest BCUT2D eigenvalue weighted by Crippen LogP contribution is 2.17. The molecule has 0 aliphatic heterocycles. The van der Waals surface area contributed by atoms with E-state index >= 15 is 0 Å². The first-order chi connectivity index (χ1) is 11.1. The van der Waals surface area contributed by atoms with Crippen LogP contribution in [0.25, 0.3) is 0 Å². The van der Waals surface area contributed by atoms with Crippen LogP contribution in [0.3, 0.4) is 0 Å². The van der Waals surface area contributed by atoms with Crippen LogP contribution in [0.4, 0.5) is 5.69 Å². The van der Waals surface area contributed by atoms with Gasteiger partial charge in [-0.05, 0) is 36.4 Å². The van der Waals surface area contributed by atoms with E-state index in [1.807, 2.05) is 0 Å². The van der Waals surface area contributed by atoms with Gasteiger partial charge in [-0.3, -0.25) is 4.79 Å². The summed E-state index contributed by atoms with van der Waals surface area (Å²) in [7, 11) is 2.87. The van der Waals surface area contributed by atoms with Crippen molar-refractivity contribution in [2.75, 3.05) is 26.1 Å². The molecule has 23 heavy (non-hydrogen) atoms. The highest BCUT2D eigenvalue weighted by molar-refractivity contribution is 5.92. The van der Waals surface area contributed by atoms with Gasteiger partial charge < -0.3 is 19.5 Å². The van der Waals surface area contributed by atoms with E-state index < -0.39 is 5.97 Å². The Morgan fingerprint density at radius 3 is 2.39 bits per heavy atom. The number of carbonyl (C=O) groups is 2. The number of ether oxygens (including phenoxy) is 3. The number of hydrogen-bond donors (Lipinski definition) is 1. The third-order valence-electron chi connectivity index (χ3n) is 3.00. The van der Waals surface area contributed by atoms with Gasteiger partial charge in [0.1, 0.15) is 11.5 Å². The molecule has 0 atom stereocenters. The van der Waals surface area contributed by atoms with Gasteiger partial charge in [0.25, 0.3) is 5.91 Å². The summed E-state index contributed by atoms with van der Waals surface area (Å²) in [6.07, 6.45) is 0. The third kappa shape index (κ3) is 4.74. The van der Waals surface area contributed by atoms with E-state index in [1.54, 1.807) is 55.6 Å². The fraction of sp³-hybridized carbons (Fsp3) is 0.176. The van der Waals surface area contributed by atoms with Crippen LogP contribution in [0, 0.1) is 0 Å². The Morgan fingerprint density at radius 1 is 1.00 bits per heavy atom. The van der Waals surface area contributed by atoms with Crippen molar-refractivity contribution >= 4 is 17.6 Å². The standard InChI is InChI=1S/C17H17NO5/c1-21-15-5-3-4-13(10-15)18-16(19)11-23-14-8-6-12(7-9-14)17(20)22-2/h3-10H,11H2,1-2H3,(H,18,19). The van der Waals surface area contributed by atoms with Crippen LogP contribution in [0.2, 0.25) is 0 Å². The van der Waals surface area contributed by atoms with E-state index in [-0.39, 0.29) is 12.5 Å². The van der Waals surface area contributed by atoms with Crippen LogP contribution in [0.1, 0.15) is 10.4 Å². The average molecular weight is 315 g/mol. The molecule has 0 fully saturated rings. The number of benzene rings is 2. The molecular weight excluding hydrogens is 298 g/mol. The lowest BCUT2D eigenvalue weighted by Crippen LogP contribution is -2.20. The number of rotatable bonds is 6. The van der Waals surface area contributed by atoms with E-state index in [4.69, 9.17) is 9.47 Å². The molecule has 2 aromatic carbocycles. The summed E-state index contributed by atoms with van der Waals surface area (Å²) in [6.45, 7) is -0.144. The quantitative estimate of drug-likeness (QED) is 0.829. The summed E-state index contributed by atoms with van der Waals surface area (Å²) in [5.74, 6) is 0.420. The topological polar surface area (TPSA) is 73.9 Å². The molecule has 0 aromatic heterocycles. The second-order valence-corrected chi connectivity index (χ2v) is 4.58. The maximum Gasteiger partial charge on any atom is 0.337 e. The number of carbonyl (C=O) groups excluding carboxylic acids is 2. The molecule has 6 heteroatoms. The van der Waals surface area contributed by atoms with Crippen molar-refractivity contribution < 1.29 is 23.8 Å². The van der Waals surface area contributed by atoms with Gasteiger partial charge in [-0.15, -0.1) is 0 Å². The molecule has 1 N–H and O–H groups in total. The van der Waals surface area contributed by atoms with Gasteiger partial charge in [0.05, 0.1) is 19.8 Å². The molecule has 0 bridgehead atoms. The van der Waals surface area contributed by atoms with Crippen molar-refractivity contribution in [3.8, 4) is 11.5 Å². The van der Waals surface area contributed by atoms with E-state index in [0.717, 1.165) is 0 Å². The molecule has 0 radical (unpaired) electrons. The maximum absolute atomic E-state index is 11.9. The van der Waals surface area contributed by atoms with Crippen LogP contribution in [0.5, 0.6) is 11.5 Å². The fourth-order valence-corrected chi connectivity index (χ4v) is 1.85. The van der Waals surface area contributed by atoms with Gasteiger partial charge in [0.15, 0.2) is 6.61 Å². The van der Waals surface area contributed by atoms with Gasteiger partial charge in [-0.2, -0.15) is 0 Å². The summed E-state index contributed by atoms with van der Waals surface area (Å²) in [5.41, 5.74) is 1.04. The molecule has 0 spiro atoms. The molecule has 0 saturated heterocycles. The first-order valence-corrected chi connectivity index (χ1v) is 6.87. The van der Waals surface area contributed by atoms with Gasteiger partial charge in [0.2, 0.25) is 0 Å². The molecule has 0 heterocycles. The second-order valence-electron chi connectivity index (χ2n) is 4.58. The van der Waals surface area contributed by atoms with E-state index in [1.165, 1.54) is 7.11 Å². The van der Waals surface area contributed by atoms with E-state index in [2.05, 4.69) is 10.1 Å². The largest absolute Gasteiger partial charge is 0.497 e. The molecule has 0 saturated carbocycles. The van der Waals surface area contributed by atoms with Crippen molar-refractivity contribution in [3.63, 3.8) is 0 Å². The first-order valence-electron chi connectivity index (χ1n) is 6.87. The van der Waals surface area contributed by atoms with Gasteiger partial charge in [-0.1, -0.05) is 6.07 Å². The Morgan fingerprint density at radius 2 is 1.74 bits per heavy atom. The fourth-order valence-electron chi connectivity index (χ4n) is 1.85. The Bertz CT molecular complexity index is 682. The zero-order chi connectivity index (χ0) is 16.7. The van der Waals surface area contributed by atoms with Crippen LogP contribution in [-0.4, -0.2) is 32.7 Å². The average Bonchev–Trinajstić information content (AvgIpc) is 2.60. The molecule has 2 aromatic rings. The molecule has 120 valence electrons. The van der Waals surface area contributed by atoms with Crippen molar-refractivity contribution in [1.29, 1.82) is 0 Å². The van der Waals surface area contributed by atoms with Crippen LogP contribution >= 0.6 is 0 Å². The lowest BCUT2D eigenvalue weighted by Gasteiger charge is -2.09. The van der Waals surface area contributed by atoms with Gasteiger partial charge >= 0.3 is 5.97 Å². The van der Waals surface area contributed by atoms with Crippen molar-refractivity contribution in [2.24, 2.45) is 0 Å². The zero-order valence-electron chi connectivity index (χ0n) is 12.9. The van der Waals surface area contributed by atoms with Crippen molar-refractivity contribution in [1.82, 2.24) is 0 Å². The summed E-state index contributed by atoms with van der Waals surface area (Å²) in [6, 6.07) is 13.4. The molecule has 6 nitrogen and oxygen atoms in total. The summed E-state index contributed by atoms with van der Waals surface area (Å²) >= 11 is 0. The zero-order valence-corrected chi connectivity index (χ0v) is 12.9. The Hall–Kier alpha value is -3.02. The van der Waals surface area contributed by atoms with Crippen molar-refractivity contribution in [3.05, 3.63) is 54.1 Å². The Balaban J connectivity index is 1.87. The minimum absolute atomic E-state index is 0.144. The van der Waals surface area contributed by atoms with Gasteiger partial charge in [0, 0.05) is 11.8 Å². The monoisotopic (exact) mass is 315 g/mol. The number of hydrogen-bond acceptors (Lipinski definition) is 5. The van der Waals surface area contributed by atoms with Crippen molar-refractivity contribution in [2.45, 2.75) is 0 Å². The molecule has 0 aliphatic carbocycles. The number of nitrogens with one attached hydrogen (secondary N) is 1. The van der Waals surface area contributed by atoms with Gasteiger partial charge in [-0.25, -0.2) is 4.79 Å². The smallest absolute Gasteiger partial charge is 0.337 e. The summed E-state index contributed by atoms with van der Waals surface area (Å²) < 4.78 is 15.1. The number of amides is 1. The minimum Gasteiger partial charge on any atom is -0.497 e. The maximum atomic E-state index is 11.9. The van der Waals surface area contributed by atoms with E-state index in [0.29, 0.717) is 22.7 Å². The van der Waals surface area contributed by atoms with Crippen LogP contribution < -0.4 is 14.8 Å². The molecule has 0 aliphatic rings. The predicted molar refractivity (Wildman–Crippen MR) is 84.9 cm³/mol. The highest BCUT2D eigenvalue weighted by atomic mass is 16.5. The molecular formula is C17H17NO5. The third-order valence-corrected chi connectivity index (χ3v) is 3.00. The van der Waals surface area contributed by atoms with Crippen LogP contribution in [-0.2, 0) is 9.53 Å². The number of methoxy groups -OCH3 is 2. The lowest BCUT2D eigenvalue weighted by atomic mass is 10.2. The SMILES string of the molecule is COC(=O)c1ccc(OCC(=O)Nc2cccc(OC)c2)cc1. The molecule has 2 rings (SSSR count). The Kier molecular flexibility index (Phi) is 5.57. The Labute approximate surface area is 134 Å². The summed E-state index contributed by atoms with van der Waals surface area (Å²) in [4.78, 5) is 23.2. The van der Waals surface area contributed by atoms with Crippen LogP contribution in [0.15, 0.2) is 48.5 Å². The lowest BCUT2D eigenvalue weighted by molar-refractivity contribution is -0.118. The predicted octanol–water partition coefficient (Wildman–Crippen LogP) is 2.50. The highest BCUT2D eigenvalue weighted by Gasteiger charge is 2.07.